The van der Waals surface area contributed by atoms with Crippen LogP contribution in [0.3, 0.4) is 0 Å². The molecule has 1 N–H and O–H groups in total. The number of H-pyrrole nitrogens is 1. The molecule has 9 heteroatoms. The van der Waals surface area contributed by atoms with Gasteiger partial charge in [0.05, 0.1) is 17.3 Å². The van der Waals surface area contributed by atoms with E-state index in [4.69, 9.17) is 27.9 Å². The van der Waals surface area contributed by atoms with E-state index < -0.39 is 5.97 Å². The number of aromatic amines is 1. The van der Waals surface area contributed by atoms with E-state index in [1.807, 2.05) is 12.1 Å². The molecule has 26 heavy (non-hydrogen) atoms. The van der Waals surface area contributed by atoms with Crippen LogP contribution in [0.4, 0.5) is 5.69 Å². The number of hydrogen-bond donors (Lipinski definition) is 1. The van der Waals surface area contributed by atoms with Crippen LogP contribution in [0, 0.1) is 0 Å². The van der Waals surface area contributed by atoms with Gasteiger partial charge in [-0.15, -0.1) is 5.10 Å². The molecule has 1 aliphatic heterocycles. The maximum absolute atomic E-state index is 11.9. The van der Waals surface area contributed by atoms with Crippen LogP contribution < -0.4 is 4.90 Å². The van der Waals surface area contributed by atoms with Crippen molar-refractivity contribution in [3.05, 3.63) is 39.6 Å². The van der Waals surface area contributed by atoms with Crippen LogP contribution in [0.1, 0.15) is 35.9 Å². The highest BCUT2D eigenvalue weighted by Gasteiger charge is 2.23. The largest absolute Gasteiger partial charge is 0.461 e. The SMILES string of the molecule is CCOC(=O)c1[nH]nnc1CSC1CCN(c2cc(Cl)ccc2Cl)CC1. The van der Waals surface area contributed by atoms with Gasteiger partial charge in [-0.25, -0.2) is 4.79 Å². The van der Waals surface area contributed by atoms with Gasteiger partial charge in [0.25, 0.3) is 0 Å². The first-order valence-corrected chi connectivity index (χ1v) is 10.3. The Hall–Kier alpha value is -1.44. The highest BCUT2D eigenvalue weighted by atomic mass is 35.5. The molecular formula is C17H20Cl2N4O2S. The maximum atomic E-state index is 11.9. The quantitative estimate of drug-likeness (QED) is 0.714. The van der Waals surface area contributed by atoms with E-state index in [9.17, 15) is 4.79 Å². The molecule has 0 bridgehead atoms. The average Bonchev–Trinajstić information content (AvgIpc) is 3.11. The van der Waals surface area contributed by atoms with Crippen molar-refractivity contribution in [2.45, 2.75) is 30.8 Å². The zero-order chi connectivity index (χ0) is 18.5. The zero-order valence-electron chi connectivity index (χ0n) is 14.4. The first kappa shape index (κ1) is 19.3. The van der Waals surface area contributed by atoms with Crippen LogP contribution >= 0.6 is 35.0 Å². The van der Waals surface area contributed by atoms with Crippen LogP contribution in [-0.4, -0.2) is 46.3 Å². The highest BCUT2D eigenvalue weighted by molar-refractivity contribution is 7.99. The molecule has 0 saturated carbocycles. The highest BCUT2D eigenvalue weighted by Crippen LogP contribution is 2.33. The van der Waals surface area contributed by atoms with Gasteiger partial charge in [0.1, 0.15) is 5.69 Å². The number of esters is 1. The van der Waals surface area contributed by atoms with E-state index in [1.165, 1.54) is 0 Å². The van der Waals surface area contributed by atoms with Gasteiger partial charge >= 0.3 is 5.97 Å². The third-order valence-corrected chi connectivity index (χ3v) is 6.18. The van der Waals surface area contributed by atoms with Gasteiger partial charge in [-0.3, -0.25) is 5.10 Å². The number of ether oxygens (including phenoxy) is 1. The van der Waals surface area contributed by atoms with Gasteiger partial charge in [0.15, 0.2) is 5.69 Å². The maximum Gasteiger partial charge on any atom is 0.358 e. The van der Waals surface area contributed by atoms with Gasteiger partial charge in [0.2, 0.25) is 0 Å². The monoisotopic (exact) mass is 414 g/mol. The molecule has 0 spiro atoms. The summed E-state index contributed by atoms with van der Waals surface area (Å²) in [4.78, 5) is 14.1. The first-order valence-electron chi connectivity index (χ1n) is 8.47. The summed E-state index contributed by atoms with van der Waals surface area (Å²) in [6, 6.07) is 5.55. The van der Waals surface area contributed by atoms with Gasteiger partial charge in [0, 0.05) is 29.1 Å². The number of halogens is 2. The molecule has 6 nitrogen and oxygen atoms in total. The second-order valence-corrected chi connectivity index (χ2v) is 8.08. The molecule has 1 aromatic heterocycles. The van der Waals surface area contributed by atoms with Crippen LogP contribution in [-0.2, 0) is 10.5 Å². The van der Waals surface area contributed by atoms with E-state index in [-0.39, 0.29) is 0 Å². The molecule has 3 rings (SSSR count). The molecule has 0 unspecified atom stereocenters. The van der Waals surface area contributed by atoms with Crippen molar-refractivity contribution in [2.24, 2.45) is 0 Å². The van der Waals surface area contributed by atoms with Crippen molar-refractivity contribution in [2.75, 3.05) is 24.6 Å². The molecule has 1 aromatic carbocycles. The van der Waals surface area contributed by atoms with Crippen molar-refractivity contribution in [3.8, 4) is 0 Å². The number of thioether (sulfide) groups is 1. The number of carbonyl (C=O) groups excluding carboxylic acids is 1. The summed E-state index contributed by atoms with van der Waals surface area (Å²) in [5, 5.41) is 12.3. The fraction of sp³-hybridized carbons (Fsp3) is 0.471. The second-order valence-electron chi connectivity index (χ2n) is 5.95. The minimum absolute atomic E-state index is 0.328. The smallest absolute Gasteiger partial charge is 0.358 e. The molecule has 140 valence electrons. The van der Waals surface area contributed by atoms with Gasteiger partial charge in [-0.05, 0) is 38.0 Å². The van der Waals surface area contributed by atoms with E-state index in [0.29, 0.717) is 34.0 Å². The number of carbonyl (C=O) groups is 1. The molecule has 0 atom stereocenters. The number of rotatable bonds is 6. The zero-order valence-corrected chi connectivity index (χ0v) is 16.7. The third kappa shape index (κ3) is 4.64. The molecule has 2 aromatic rings. The lowest BCUT2D eigenvalue weighted by atomic mass is 10.1. The number of benzene rings is 1. The number of hydrogen-bond acceptors (Lipinski definition) is 6. The molecule has 1 saturated heterocycles. The van der Waals surface area contributed by atoms with Crippen molar-refractivity contribution < 1.29 is 9.53 Å². The van der Waals surface area contributed by atoms with E-state index >= 15 is 0 Å². The molecule has 2 heterocycles. The minimum atomic E-state index is -0.404. The van der Waals surface area contributed by atoms with Crippen LogP contribution in [0.25, 0.3) is 0 Å². The Morgan fingerprint density at radius 3 is 2.88 bits per heavy atom. The van der Waals surface area contributed by atoms with E-state index in [1.54, 1.807) is 24.8 Å². The Morgan fingerprint density at radius 1 is 1.38 bits per heavy atom. The second kappa shape index (κ2) is 8.97. The van der Waals surface area contributed by atoms with E-state index in [0.717, 1.165) is 36.6 Å². The summed E-state index contributed by atoms with van der Waals surface area (Å²) in [6.45, 7) is 3.94. The number of piperidine rings is 1. The van der Waals surface area contributed by atoms with Crippen molar-refractivity contribution in [1.29, 1.82) is 0 Å². The molecule has 0 aliphatic carbocycles. The lowest BCUT2D eigenvalue weighted by Crippen LogP contribution is -2.35. The third-order valence-electron chi connectivity index (χ3n) is 4.25. The number of anilines is 1. The Balaban J connectivity index is 1.53. The van der Waals surface area contributed by atoms with Gasteiger partial charge in [-0.1, -0.05) is 28.4 Å². The van der Waals surface area contributed by atoms with Gasteiger partial charge in [-0.2, -0.15) is 11.8 Å². The van der Waals surface area contributed by atoms with Crippen molar-refractivity contribution in [1.82, 2.24) is 15.4 Å². The summed E-state index contributed by atoms with van der Waals surface area (Å²) >= 11 is 14.2. The summed E-state index contributed by atoms with van der Waals surface area (Å²) < 4.78 is 5.01. The molecule has 1 fully saturated rings. The van der Waals surface area contributed by atoms with Gasteiger partial charge < -0.3 is 9.64 Å². The Labute approximate surface area is 166 Å². The molecular weight excluding hydrogens is 395 g/mol. The first-order chi connectivity index (χ1) is 12.6. The average molecular weight is 415 g/mol. The van der Waals surface area contributed by atoms with Crippen LogP contribution in [0.15, 0.2) is 18.2 Å². The topological polar surface area (TPSA) is 71.1 Å². The minimum Gasteiger partial charge on any atom is -0.461 e. The fourth-order valence-corrected chi connectivity index (χ4v) is 4.45. The van der Waals surface area contributed by atoms with E-state index in [2.05, 4.69) is 20.3 Å². The van der Waals surface area contributed by atoms with Crippen molar-refractivity contribution in [3.63, 3.8) is 0 Å². The number of nitrogens with one attached hydrogen (secondary N) is 1. The van der Waals surface area contributed by atoms with Crippen molar-refractivity contribution >= 4 is 46.6 Å². The number of nitrogens with zero attached hydrogens (tertiary/aromatic N) is 3. The lowest BCUT2D eigenvalue weighted by Gasteiger charge is -2.33. The fourth-order valence-electron chi connectivity index (χ4n) is 2.91. The Kier molecular flexibility index (Phi) is 6.67. The molecule has 0 radical (unpaired) electrons. The summed E-state index contributed by atoms with van der Waals surface area (Å²) in [5.41, 5.74) is 1.99. The Morgan fingerprint density at radius 2 is 2.15 bits per heavy atom. The predicted octanol–water partition coefficient (Wildman–Crippen LogP) is 4.19. The summed E-state index contributed by atoms with van der Waals surface area (Å²) in [7, 11) is 0. The standard InChI is InChI=1S/C17H20Cl2N4O2S/c1-2-25-17(24)16-14(20-22-21-16)10-26-12-5-7-23(8-6-12)15-9-11(18)3-4-13(15)19/h3-4,9,12H,2,5-8,10H2,1H3,(H,20,21,22). The normalized spacial score (nSPS) is 15.3. The predicted molar refractivity (Wildman–Crippen MR) is 105 cm³/mol. The molecule has 0 amide bonds. The number of aromatic nitrogens is 3. The summed E-state index contributed by atoms with van der Waals surface area (Å²) in [6.07, 6.45) is 2.06. The molecule has 1 aliphatic rings. The Bertz CT molecular complexity index is 763. The van der Waals surface area contributed by atoms with Crippen LogP contribution in [0.2, 0.25) is 10.0 Å². The summed E-state index contributed by atoms with van der Waals surface area (Å²) in [5.74, 6) is 0.228. The lowest BCUT2D eigenvalue weighted by molar-refractivity contribution is 0.0518. The van der Waals surface area contributed by atoms with Crippen LogP contribution in [0.5, 0.6) is 0 Å².